The van der Waals surface area contributed by atoms with Crippen molar-refractivity contribution in [1.82, 2.24) is 4.98 Å². The summed E-state index contributed by atoms with van der Waals surface area (Å²) >= 11 is 0. The van der Waals surface area contributed by atoms with Gasteiger partial charge in [-0.05, 0) is 82.9 Å². The van der Waals surface area contributed by atoms with Crippen LogP contribution >= 0.6 is 14.3 Å². The highest BCUT2D eigenvalue weighted by molar-refractivity contribution is 7.85. The first-order valence-corrected chi connectivity index (χ1v) is 23.5. The fourth-order valence-electron chi connectivity index (χ4n) is 7.94. The highest BCUT2D eigenvalue weighted by Crippen LogP contribution is 2.45. The standard InChI is InChI=1S/C53H31F8NO2P2/c54-38-20-39(55)25-48(24-38)65(63,49-26-40(56)21-41(57)27-49)46-14-10-35(11-15-46)52-18-37(34-8-6-33(7-9-34)32-4-2-1-3-5-32)19-53(62-52)36-12-16-47(17-13-36)66(64,50-28-42(58)22-43(59)29-50)51-30-44(60)23-45(61)31-51/h1-31H. The zero-order chi connectivity index (χ0) is 46.3. The third-order valence-corrected chi connectivity index (χ3v) is 17.0. The number of rotatable bonds is 10. The van der Waals surface area contributed by atoms with Gasteiger partial charge in [0.15, 0.2) is 14.3 Å². The molecule has 0 spiro atoms. The Morgan fingerprint density at radius 3 is 0.818 bits per heavy atom. The van der Waals surface area contributed by atoms with E-state index in [1.54, 1.807) is 36.4 Å². The van der Waals surface area contributed by atoms with Crippen LogP contribution < -0.4 is 31.8 Å². The number of nitrogens with zero attached hydrogens (tertiary/aromatic N) is 1. The molecule has 3 nitrogen and oxygen atoms in total. The third-order valence-electron chi connectivity index (χ3n) is 11.0. The van der Waals surface area contributed by atoms with Crippen molar-refractivity contribution >= 4 is 46.1 Å². The number of pyridine rings is 1. The van der Waals surface area contributed by atoms with Crippen LogP contribution in [0.4, 0.5) is 35.1 Å². The maximum Gasteiger partial charge on any atom is 0.171 e. The molecule has 326 valence electrons. The molecule has 0 radical (unpaired) electrons. The van der Waals surface area contributed by atoms with Crippen molar-refractivity contribution in [3.05, 3.63) is 235 Å². The summed E-state index contributed by atoms with van der Waals surface area (Å²) < 4.78 is 147. The molecular formula is C53H31F8NO2P2. The molecule has 13 heteroatoms. The number of benzene rings is 8. The molecule has 0 N–H and O–H groups in total. The Morgan fingerprint density at radius 2 is 0.515 bits per heavy atom. The zero-order valence-corrected chi connectivity index (χ0v) is 35.9. The molecule has 1 heterocycles. The van der Waals surface area contributed by atoms with Gasteiger partial charge in [0, 0.05) is 67.2 Å². The van der Waals surface area contributed by atoms with Gasteiger partial charge in [-0.1, -0.05) is 103 Å². The highest BCUT2D eigenvalue weighted by Gasteiger charge is 2.34. The van der Waals surface area contributed by atoms with Crippen molar-refractivity contribution in [2.75, 3.05) is 0 Å². The first kappa shape index (κ1) is 44.0. The molecule has 0 aliphatic heterocycles. The van der Waals surface area contributed by atoms with Gasteiger partial charge < -0.3 is 9.13 Å². The summed E-state index contributed by atoms with van der Waals surface area (Å²) in [5.74, 6) is -8.29. The summed E-state index contributed by atoms with van der Waals surface area (Å²) in [7, 11) is -8.60. The van der Waals surface area contributed by atoms with E-state index in [0.29, 0.717) is 52.3 Å². The molecule has 8 aromatic carbocycles. The molecule has 0 unspecified atom stereocenters. The molecule has 0 bridgehead atoms. The van der Waals surface area contributed by atoms with Crippen LogP contribution in [0.5, 0.6) is 0 Å². The van der Waals surface area contributed by atoms with Crippen molar-refractivity contribution in [3.63, 3.8) is 0 Å². The molecule has 0 atom stereocenters. The molecule has 9 aromatic rings. The van der Waals surface area contributed by atoms with Crippen molar-refractivity contribution in [3.8, 4) is 44.8 Å². The number of halogens is 8. The van der Waals surface area contributed by atoms with Gasteiger partial charge in [0.25, 0.3) is 0 Å². The average molecular weight is 928 g/mol. The summed E-state index contributed by atoms with van der Waals surface area (Å²) in [5.41, 5.74) is 5.18. The Morgan fingerprint density at radius 1 is 0.258 bits per heavy atom. The monoisotopic (exact) mass is 927 g/mol. The zero-order valence-electron chi connectivity index (χ0n) is 34.1. The average Bonchev–Trinajstić information content (AvgIpc) is 3.30. The van der Waals surface area contributed by atoms with Gasteiger partial charge in [-0.3, -0.25) is 0 Å². The fourth-order valence-corrected chi connectivity index (χ4v) is 13.3. The molecule has 9 rings (SSSR count). The van der Waals surface area contributed by atoms with Crippen LogP contribution in [0.3, 0.4) is 0 Å². The second-order valence-electron chi connectivity index (χ2n) is 15.4. The predicted octanol–water partition coefficient (Wildman–Crippen LogP) is 12.1. The lowest BCUT2D eigenvalue weighted by Crippen LogP contribution is -2.26. The smallest absolute Gasteiger partial charge is 0.171 e. The first-order valence-electron chi connectivity index (χ1n) is 20.1. The Bertz CT molecular complexity index is 3030. The van der Waals surface area contributed by atoms with Crippen LogP contribution in [0.2, 0.25) is 0 Å². The van der Waals surface area contributed by atoms with Crippen LogP contribution in [0.15, 0.2) is 188 Å². The Labute approximate surface area is 373 Å². The minimum absolute atomic E-state index is 0.0190. The topological polar surface area (TPSA) is 47.0 Å². The third kappa shape index (κ3) is 8.68. The molecular weight excluding hydrogens is 897 g/mol. The lowest BCUT2D eigenvalue weighted by Gasteiger charge is -2.21. The Kier molecular flexibility index (Phi) is 11.8. The van der Waals surface area contributed by atoms with Gasteiger partial charge in [-0.15, -0.1) is 0 Å². The van der Waals surface area contributed by atoms with E-state index in [1.807, 2.05) is 54.6 Å². The molecule has 1 aromatic heterocycles. The van der Waals surface area contributed by atoms with Crippen LogP contribution in [0.25, 0.3) is 44.8 Å². The lowest BCUT2D eigenvalue weighted by atomic mass is 9.97. The summed E-state index contributed by atoms with van der Waals surface area (Å²) in [4.78, 5) is 4.94. The van der Waals surface area contributed by atoms with E-state index < -0.39 is 60.8 Å². The first-order chi connectivity index (χ1) is 31.6. The maximum absolute atomic E-state index is 15.1. The molecule has 0 saturated heterocycles. The van der Waals surface area contributed by atoms with Gasteiger partial charge in [0.1, 0.15) is 46.5 Å². The SMILES string of the molecule is O=P(c1ccc(-c2cc(-c3ccc(-c4ccccc4)cc3)cc(-c3ccc(P(=O)(c4cc(F)cc(F)c4)c4cc(F)cc(F)c4)cc3)n2)cc1)(c1cc(F)cc(F)c1)c1cc(F)cc(F)c1. The minimum atomic E-state index is -4.30. The van der Waals surface area contributed by atoms with Gasteiger partial charge in [0.2, 0.25) is 0 Å². The molecule has 0 amide bonds. The largest absolute Gasteiger partial charge is 0.309 e. The molecule has 0 saturated carbocycles. The van der Waals surface area contributed by atoms with E-state index in [4.69, 9.17) is 4.98 Å². The summed E-state index contributed by atoms with van der Waals surface area (Å²) in [6.45, 7) is 0. The molecule has 0 aliphatic rings. The van der Waals surface area contributed by atoms with E-state index in [-0.39, 0.29) is 31.8 Å². The minimum Gasteiger partial charge on any atom is -0.309 e. The van der Waals surface area contributed by atoms with Crippen molar-refractivity contribution < 1.29 is 44.3 Å². The Balaban J connectivity index is 1.17. The highest BCUT2D eigenvalue weighted by atomic mass is 31.2. The number of hydrogen-bond acceptors (Lipinski definition) is 3. The van der Waals surface area contributed by atoms with E-state index in [0.717, 1.165) is 65.2 Å². The van der Waals surface area contributed by atoms with Gasteiger partial charge >= 0.3 is 0 Å². The van der Waals surface area contributed by atoms with Crippen LogP contribution in [-0.4, -0.2) is 4.98 Å². The van der Waals surface area contributed by atoms with Gasteiger partial charge in [0.05, 0.1) is 11.4 Å². The van der Waals surface area contributed by atoms with Gasteiger partial charge in [-0.2, -0.15) is 0 Å². The molecule has 0 fully saturated rings. The Hall–Kier alpha value is -7.19. The summed E-state index contributed by atoms with van der Waals surface area (Å²) in [5, 5.41) is -1.25. The predicted molar refractivity (Wildman–Crippen MR) is 244 cm³/mol. The van der Waals surface area contributed by atoms with Crippen molar-refractivity contribution in [2.24, 2.45) is 0 Å². The van der Waals surface area contributed by atoms with E-state index in [1.165, 1.54) is 24.3 Å². The lowest BCUT2D eigenvalue weighted by molar-refractivity contribution is 0.577. The maximum atomic E-state index is 15.1. The normalized spacial score (nSPS) is 11.8. The van der Waals surface area contributed by atoms with Crippen LogP contribution in [0.1, 0.15) is 0 Å². The molecule has 66 heavy (non-hydrogen) atoms. The number of aromatic nitrogens is 1. The fraction of sp³-hybridized carbons (Fsp3) is 0. The van der Waals surface area contributed by atoms with Gasteiger partial charge in [-0.25, -0.2) is 40.1 Å². The van der Waals surface area contributed by atoms with Crippen molar-refractivity contribution in [2.45, 2.75) is 0 Å². The van der Waals surface area contributed by atoms with E-state index in [2.05, 4.69) is 0 Å². The van der Waals surface area contributed by atoms with Crippen LogP contribution in [-0.2, 0) is 9.13 Å². The van der Waals surface area contributed by atoms with Crippen LogP contribution in [0, 0.1) is 46.5 Å². The summed E-state index contributed by atoms with van der Waals surface area (Å²) in [6.07, 6.45) is 0. The van der Waals surface area contributed by atoms with E-state index in [9.17, 15) is 35.1 Å². The van der Waals surface area contributed by atoms with Crippen molar-refractivity contribution in [1.29, 1.82) is 0 Å². The number of hydrogen-bond donors (Lipinski definition) is 0. The quantitative estimate of drug-likeness (QED) is 0.101. The molecule has 0 aliphatic carbocycles. The second kappa shape index (κ2) is 17.7. The van der Waals surface area contributed by atoms with E-state index >= 15 is 9.13 Å². The summed E-state index contributed by atoms with van der Waals surface area (Å²) in [6, 6.07) is 42.4. The second-order valence-corrected chi connectivity index (χ2v) is 20.9.